The van der Waals surface area contributed by atoms with Gasteiger partial charge in [-0.05, 0) is 79.7 Å². The van der Waals surface area contributed by atoms with Gasteiger partial charge >= 0.3 is 17.9 Å². The van der Waals surface area contributed by atoms with Gasteiger partial charge in [0.1, 0.15) is 11.4 Å². The zero-order chi connectivity index (χ0) is 24.8. The van der Waals surface area contributed by atoms with Crippen molar-refractivity contribution in [2.45, 2.75) is 63.1 Å². The molecule has 3 aliphatic carbocycles. The maximum Gasteiger partial charge on any atom is 0.382 e. The monoisotopic (exact) mass is 484 g/mol. The molecule has 0 heterocycles. The van der Waals surface area contributed by atoms with Crippen molar-refractivity contribution in [3.8, 4) is 5.75 Å². The Morgan fingerprint density at radius 2 is 1.77 bits per heavy atom. The van der Waals surface area contributed by atoms with Crippen molar-refractivity contribution in [2.75, 3.05) is 0 Å². The molecule has 3 saturated carbocycles. The van der Waals surface area contributed by atoms with Crippen molar-refractivity contribution in [3.05, 3.63) is 65.7 Å². The van der Waals surface area contributed by atoms with E-state index in [9.17, 15) is 18.4 Å². The van der Waals surface area contributed by atoms with Crippen LogP contribution in [0.25, 0.3) is 0 Å². The lowest BCUT2D eigenvalue weighted by molar-refractivity contribution is -0.183. The Morgan fingerprint density at radius 1 is 1.09 bits per heavy atom. The van der Waals surface area contributed by atoms with E-state index in [1.165, 1.54) is 62.1 Å². The average molecular weight is 485 g/mol. The van der Waals surface area contributed by atoms with Gasteiger partial charge in [0.25, 0.3) is 0 Å². The highest BCUT2D eigenvalue weighted by molar-refractivity contribution is 5.90. The molecule has 5 unspecified atom stereocenters. The summed E-state index contributed by atoms with van der Waals surface area (Å²) in [6, 6.07) is 13.5. The summed E-state index contributed by atoms with van der Waals surface area (Å²) >= 11 is 0. The third kappa shape index (κ3) is 4.09. The van der Waals surface area contributed by atoms with Crippen LogP contribution in [0.5, 0.6) is 5.75 Å². The van der Waals surface area contributed by atoms with E-state index in [1.807, 2.05) is 0 Å². The molecule has 3 aliphatic rings. The number of alkyl halides is 2. The fraction of sp³-hybridized carbons (Fsp3) is 0.500. The number of benzene rings is 2. The number of halogens is 2. The highest BCUT2D eigenvalue weighted by atomic mass is 19.3. The van der Waals surface area contributed by atoms with Crippen LogP contribution in [0.2, 0.25) is 0 Å². The van der Waals surface area contributed by atoms with Gasteiger partial charge < -0.3 is 14.6 Å². The van der Waals surface area contributed by atoms with Crippen LogP contribution in [0.1, 0.15) is 67.5 Å². The van der Waals surface area contributed by atoms with E-state index in [1.54, 1.807) is 18.2 Å². The molecular weight excluding hydrogens is 454 g/mol. The molecule has 35 heavy (non-hydrogen) atoms. The molecule has 3 fully saturated rings. The molecule has 7 heteroatoms. The van der Waals surface area contributed by atoms with Crippen molar-refractivity contribution < 1.29 is 33.0 Å². The molecule has 2 aromatic rings. The van der Waals surface area contributed by atoms with Crippen LogP contribution in [0.4, 0.5) is 8.78 Å². The highest BCUT2D eigenvalue weighted by Crippen LogP contribution is 2.64. The number of esters is 1. The van der Waals surface area contributed by atoms with E-state index in [0.717, 1.165) is 30.6 Å². The second-order valence-corrected chi connectivity index (χ2v) is 10.2. The van der Waals surface area contributed by atoms with E-state index in [2.05, 4.69) is 6.92 Å². The first-order chi connectivity index (χ1) is 16.7. The lowest BCUT2D eigenvalue weighted by atomic mass is 9.71. The zero-order valence-corrected chi connectivity index (χ0v) is 19.7. The van der Waals surface area contributed by atoms with Gasteiger partial charge in [-0.25, -0.2) is 9.59 Å². The summed E-state index contributed by atoms with van der Waals surface area (Å²) in [4.78, 5) is 23.9. The maximum absolute atomic E-state index is 14.4. The minimum absolute atomic E-state index is 0.0498. The van der Waals surface area contributed by atoms with Crippen LogP contribution in [-0.4, -0.2) is 28.6 Å². The molecule has 0 spiro atoms. The topological polar surface area (TPSA) is 72.8 Å². The first kappa shape index (κ1) is 23.8. The summed E-state index contributed by atoms with van der Waals surface area (Å²) in [6.45, 7) is 2.17. The maximum atomic E-state index is 14.4. The molecule has 0 amide bonds. The van der Waals surface area contributed by atoms with Gasteiger partial charge in [0.05, 0.1) is 5.56 Å². The Kier molecular flexibility index (Phi) is 6.06. The Bertz CT molecular complexity index is 1090. The molecule has 0 radical (unpaired) electrons. The summed E-state index contributed by atoms with van der Waals surface area (Å²) in [7, 11) is 0. The molecule has 6 atom stereocenters. The summed E-state index contributed by atoms with van der Waals surface area (Å²) in [5.74, 6) is -4.15. The third-order valence-electron chi connectivity index (χ3n) is 8.54. The first-order valence-corrected chi connectivity index (χ1v) is 12.4. The van der Waals surface area contributed by atoms with Crippen molar-refractivity contribution in [3.63, 3.8) is 0 Å². The number of carbonyl (C=O) groups excluding carboxylic acids is 1. The standard InChI is InChI=1S/C28H30F2O5/c1-2-27(16-19-15-23(27)22-10-6-9-21(19)22)35-20-13-11-18(12-14-20)25(31)34-24(28(29,30)26(32)33)17-7-4-3-5-8-17/h3-5,7-8,11-14,19,21-24H,2,6,9-10,15-16H2,1H3,(H,32,33)/t19?,21?,22?,23-,24?,27?/m0/s1. The van der Waals surface area contributed by atoms with Crippen LogP contribution in [0.3, 0.4) is 0 Å². The quantitative estimate of drug-likeness (QED) is 0.446. The van der Waals surface area contributed by atoms with Gasteiger partial charge in [-0.2, -0.15) is 8.78 Å². The number of carbonyl (C=O) groups is 2. The molecule has 0 aromatic heterocycles. The zero-order valence-electron chi connectivity index (χ0n) is 19.7. The average Bonchev–Trinajstić information content (AvgIpc) is 3.56. The van der Waals surface area contributed by atoms with Crippen molar-refractivity contribution >= 4 is 11.9 Å². The minimum Gasteiger partial charge on any atom is -0.487 e. The van der Waals surface area contributed by atoms with E-state index < -0.39 is 24.0 Å². The molecule has 186 valence electrons. The SMILES string of the molecule is CCC1(Oc2ccc(C(=O)OC(c3ccccc3)C(F)(F)C(=O)O)cc2)CC2C[C@H]1C1CCCC21. The molecule has 5 rings (SSSR count). The molecule has 0 aliphatic heterocycles. The van der Waals surface area contributed by atoms with E-state index in [4.69, 9.17) is 14.6 Å². The number of ether oxygens (including phenoxy) is 2. The molecule has 1 N–H and O–H groups in total. The highest BCUT2D eigenvalue weighted by Gasteiger charge is 2.61. The molecule has 5 nitrogen and oxygen atoms in total. The Morgan fingerprint density at radius 3 is 2.43 bits per heavy atom. The summed E-state index contributed by atoms with van der Waals surface area (Å²) in [6.07, 6.45) is 4.89. The predicted molar refractivity (Wildman–Crippen MR) is 124 cm³/mol. The second-order valence-electron chi connectivity index (χ2n) is 10.2. The second kappa shape index (κ2) is 8.92. The van der Waals surface area contributed by atoms with Gasteiger partial charge in [-0.3, -0.25) is 0 Å². The lowest BCUT2D eigenvalue weighted by Crippen LogP contribution is -2.45. The minimum atomic E-state index is -4.28. The fourth-order valence-electron chi connectivity index (χ4n) is 6.97. The third-order valence-corrected chi connectivity index (χ3v) is 8.54. The summed E-state index contributed by atoms with van der Waals surface area (Å²) in [5.41, 5.74) is -0.242. The smallest absolute Gasteiger partial charge is 0.382 e. The van der Waals surface area contributed by atoms with Crippen LogP contribution in [0, 0.1) is 23.7 Å². The van der Waals surface area contributed by atoms with Crippen molar-refractivity contribution in [2.24, 2.45) is 23.7 Å². The Balaban J connectivity index is 1.31. The van der Waals surface area contributed by atoms with Crippen LogP contribution < -0.4 is 4.74 Å². The molecule has 2 aromatic carbocycles. The fourth-order valence-corrected chi connectivity index (χ4v) is 6.97. The normalized spacial score (nSPS) is 30.0. The predicted octanol–water partition coefficient (Wildman–Crippen LogP) is 6.29. The number of carboxylic acids is 1. The summed E-state index contributed by atoms with van der Waals surface area (Å²) < 4.78 is 40.4. The number of hydrogen-bond donors (Lipinski definition) is 1. The molecular formula is C28H30F2O5. The van der Waals surface area contributed by atoms with Crippen LogP contribution in [-0.2, 0) is 9.53 Å². The van der Waals surface area contributed by atoms with Gasteiger partial charge in [-0.1, -0.05) is 43.7 Å². The van der Waals surface area contributed by atoms with E-state index in [-0.39, 0.29) is 16.7 Å². The number of aliphatic carboxylic acids is 1. The van der Waals surface area contributed by atoms with Crippen molar-refractivity contribution in [1.82, 2.24) is 0 Å². The van der Waals surface area contributed by atoms with E-state index in [0.29, 0.717) is 11.7 Å². The Hall–Kier alpha value is -2.96. The van der Waals surface area contributed by atoms with Crippen molar-refractivity contribution in [1.29, 1.82) is 0 Å². The van der Waals surface area contributed by atoms with Crippen LogP contribution >= 0.6 is 0 Å². The first-order valence-electron chi connectivity index (χ1n) is 12.4. The van der Waals surface area contributed by atoms with Gasteiger partial charge in [0, 0.05) is 5.92 Å². The van der Waals surface area contributed by atoms with Crippen LogP contribution in [0.15, 0.2) is 54.6 Å². The number of rotatable bonds is 8. The number of fused-ring (bicyclic) bond motifs is 5. The van der Waals surface area contributed by atoms with Gasteiger partial charge in [-0.15, -0.1) is 0 Å². The molecule has 2 bridgehead atoms. The Labute approximate surface area is 203 Å². The molecule has 0 saturated heterocycles. The van der Waals surface area contributed by atoms with Gasteiger partial charge in [0.15, 0.2) is 0 Å². The number of carboxylic acid groups (broad SMARTS) is 1. The number of hydrogen-bond acceptors (Lipinski definition) is 4. The largest absolute Gasteiger partial charge is 0.487 e. The summed E-state index contributed by atoms with van der Waals surface area (Å²) in [5, 5.41) is 9.02. The van der Waals surface area contributed by atoms with Gasteiger partial charge in [0.2, 0.25) is 6.10 Å². The van der Waals surface area contributed by atoms with E-state index >= 15 is 0 Å². The lowest BCUT2D eigenvalue weighted by Gasteiger charge is -2.42.